The topological polar surface area (TPSA) is 26.2 Å². The van der Waals surface area contributed by atoms with Crippen LogP contribution in [0.2, 0.25) is 0 Å². The minimum absolute atomic E-state index is 0.173. The molecule has 0 aliphatic rings. The van der Waals surface area contributed by atoms with Crippen LogP contribution in [0.3, 0.4) is 0 Å². The van der Waals surface area contributed by atoms with Crippen LogP contribution in [-0.4, -0.2) is 24.6 Å². The van der Waals surface area contributed by atoms with Crippen molar-refractivity contribution in [3.8, 4) is 0 Å². The zero-order valence-corrected chi connectivity index (χ0v) is 10.5. The Bertz CT molecular complexity index is 548. The first-order valence-corrected chi connectivity index (χ1v) is 5.93. The van der Waals surface area contributed by atoms with Gasteiger partial charge in [-0.05, 0) is 24.7 Å². The van der Waals surface area contributed by atoms with E-state index >= 15 is 0 Å². The number of nitrogens with one attached hydrogen (secondary N) is 1. The average Bonchev–Trinajstić information content (AvgIpc) is 2.73. The number of hydrogen-bond donors (Lipinski definition) is 1. The predicted octanol–water partition coefficient (Wildman–Crippen LogP) is 2.90. The minimum Gasteiger partial charge on any atom is -0.345 e. The molecule has 0 amide bonds. The summed E-state index contributed by atoms with van der Waals surface area (Å²) in [5.74, 6) is 0. The molecule has 0 fully saturated rings. The van der Waals surface area contributed by atoms with Gasteiger partial charge in [0.05, 0.1) is 6.61 Å². The summed E-state index contributed by atoms with van der Waals surface area (Å²) in [6.07, 6.45) is -2.79. The lowest BCUT2D eigenvalue weighted by atomic mass is 10.1. The third-order valence-electron chi connectivity index (χ3n) is 2.87. The fraction of sp³-hybridized carbons (Fsp3) is 0.385. The van der Waals surface area contributed by atoms with Crippen molar-refractivity contribution in [2.45, 2.75) is 19.5 Å². The monoisotopic (exact) mass is 272 g/mol. The molecule has 0 bridgehead atoms. The lowest BCUT2D eigenvalue weighted by Crippen LogP contribution is -2.17. The molecule has 3 nitrogen and oxygen atoms in total. The molecule has 19 heavy (non-hydrogen) atoms. The third kappa shape index (κ3) is 3.48. The molecule has 0 saturated heterocycles. The lowest BCUT2D eigenvalue weighted by molar-refractivity contribution is -0.325. The number of hydrogen-bond acceptors (Lipinski definition) is 2. The van der Waals surface area contributed by atoms with Gasteiger partial charge in [0.25, 0.3) is 0 Å². The number of nitrogens with zero attached hydrogens (tertiary/aromatic N) is 1. The van der Waals surface area contributed by atoms with Crippen LogP contribution < -0.4 is 5.32 Å². The van der Waals surface area contributed by atoms with Gasteiger partial charge in [0.1, 0.15) is 0 Å². The normalized spacial score (nSPS) is 12.2. The molecule has 0 spiro atoms. The zero-order valence-electron chi connectivity index (χ0n) is 10.5. The number of alkyl halides is 3. The summed E-state index contributed by atoms with van der Waals surface area (Å²) >= 11 is 0. The molecule has 1 N–H and O–H groups in total. The summed E-state index contributed by atoms with van der Waals surface area (Å²) in [5, 5.41) is 4.11. The van der Waals surface area contributed by atoms with Gasteiger partial charge in [0, 0.05) is 30.2 Å². The van der Waals surface area contributed by atoms with Gasteiger partial charge in [-0.2, -0.15) is 0 Å². The van der Waals surface area contributed by atoms with E-state index in [0.717, 1.165) is 23.0 Å². The van der Waals surface area contributed by atoms with Crippen molar-refractivity contribution in [1.29, 1.82) is 0 Å². The van der Waals surface area contributed by atoms with E-state index in [2.05, 4.69) is 10.1 Å². The Kier molecular flexibility index (Phi) is 4.11. The number of fused-ring (bicyclic) bond motifs is 1. The van der Waals surface area contributed by atoms with Crippen molar-refractivity contribution < 1.29 is 17.9 Å². The molecule has 2 rings (SSSR count). The maximum atomic E-state index is 11.9. The van der Waals surface area contributed by atoms with E-state index in [-0.39, 0.29) is 13.2 Å². The first-order chi connectivity index (χ1) is 9.01. The van der Waals surface area contributed by atoms with Gasteiger partial charge >= 0.3 is 6.36 Å². The maximum absolute atomic E-state index is 11.9. The summed E-state index contributed by atoms with van der Waals surface area (Å²) in [4.78, 5) is 0. The number of ether oxygens (including phenoxy) is 1. The highest BCUT2D eigenvalue weighted by atomic mass is 19.4. The SMILES string of the molecule is CNCc1cccc2c1ccn2CCOC(F)(F)F. The van der Waals surface area contributed by atoms with Crippen LogP contribution in [0.5, 0.6) is 0 Å². The Balaban J connectivity index is 2.14. The van der Waals surface area contributed by atoms with E-state index in [9.17, 15) is 13.2 Å². The van der Waals surface area contributed by atoms with Gasteiger partial charge in [-0.25, -0.2) is 0 Å². The summed E-state index contributed by atoms with van der Waals surface area (Å²) < 4.78 is 41.3. The summed E-state index contributed by atoms with van der Waals surface area (Å²) in [6, 6.07) is 7.70. The first kappa shape index (κ1) is 13.9. The van der Waals surface area contributed by atoms with Gasteiger partial charge in [0.15, 0.2) is 0 Å². The molecule has 6 heteroatoms. The van der Waals surface area contributed by atoms with Crippen LogP contribution in [0.15, 0.2) is 30.5 Å². The molecule has 0 saturated carbocycles. The van der Waals surface area contributed by atoms with E-state index in [1.54, 1.807) is 10.8 Å². The molecule has 2 aromatic rings. The minimum atomic E-state index is -4.57. The molecule has 0 radical (unpaired) electrons. The Morgan fingerprint density at radius 2 is 2.05 bits per heavy atom. The fourth-order valence-corrected chi connectivity index (χ4v) is 2.09. The molecule has 1 aromatic heterocycles. The van der Waals surface area contributed by atoms with Gasteiger partial charge in [-0.15, -0.1) is 13.2 Å². The Morgan fingerprint density at radius 1 is 1.26 bits per heavy atom. The van der Waals surface area contributed by atoms with Crippen molar-refractivity contribution >= 4 is 10.9 Å². The van der Waals surface area contributed by atoms with Crippen molar-refractivity contribution in [3.05, 3.63) is 36.0 Å². The Hall–Kier alpha value is -1.53. The van der Waals surface area contributed by atoms with E-state index < -0.39 is 6.36 Å². The predicted molar refractivity (Wildman–Crippen MR) is 66.7 cm³/mol. The number of benzene rings is 1. The van der Waals surface area contributed by atoms with E-state index in [1.807, 2.05) is 31.3 Å². The molecular weight excluding hydrogens is 257 g/mol. The standard InChI is InChI=1S/C13H15F3N2O/c1-17-9-10-3-2-4-12-11(10)5-6-18(12)7-8-19-13(14,15)16/h2-6,17H,7-9H2,1H3. The van der Waals surface area contributed by atoms with Crippen molar-refractivity contribution in [2.75, 3.05) is 13.7 Å². The third-order valence-corrected chi connectivity index (χ3v) is 2.87. The molecule has 0 atom stereocenters. The molecule has 0 unspecified atom stereocenters. The number of halogens is 3. The van der Waals surface area contributed by atoms with Crippen molar-refractivity contribution in [1.82, 2.24) is 9.88 Å². The smallest absolute Gasteiger partial charge is 0.345 e. The highest BCUT2D eigenvalue weighted by Gasteiger charge is 2.28. The summed E-state index contributed by atoms with van der Waals surface area (Å²) in [5.41, 5.74) is 2.04. The number of aromatic nitrogens is 1. The quantitative estimate of drug-likeness (QED) is 0.905. The van der Waals surface area contributed by atoms with Gasteiger partial charge in [-0.3, -0.25) is 4.74 Å². The molecule has 1 heterocycles. The maximum Gasteiger partial charge on any atom is 0.522 e. The summed E-state index contributed by atoms with van der Waals surface area (Å²) in [6.45, 7) is 0.510. The molecule has 0 aliphatic heterocycles. The van der Waals surface area contributed by atoms with Crippen molar-refractivity contribution in [2.24, 2.45) is 0 Å². The molecule has 104 valence electrons. The van der Waals surface area contributed by atoms with E-state index in [0.29, 0.717) is 0 Å². The van der Waals surface area contributed by atoms with Crippen LogP contribution in [0.1, 0.15) is 5.56 Å². The Labute approximate surface area is 109 Å². The second-order valence-corrected chi connectivity index (χ2v) is 4.18. The van der Waals surface area contributed by atoms with E-state index in [4.69, 9.17) is 0 Å². The highest BCUT2D eigenvalue weighted by molar-refractivity contribution is 5.83. The van der Waals surface area contributed by atoms with E-state index in [1.165, 1.54) is 0 Å². The fourth-order valence-electron chi connectivity index (χ4n) is 2.09. The van der Waals surface area contributed by atoms with Crippen LogP contribution in [0.25, 0.3) is 10.9 Å². The van der Waals surface area contributed by atoms with Crippen LogP contribution in [-0.2, 0) is 17.8 Å². The summed E-state index contributed by atoms with van der Waals surface area (Å²) in [7, 11) is 1.85. The molecule has 1 aromatic carbocycles. The molecular formula is C13H15F3N2O. The van der Waals surface area contributed by atoms with Crippen LogP contribution in [0, 0.1) is 0 Å². The Morgan fingerprint density at radius 3 is 2.74 bits per heavy atom. The highest BCUT2D eigenvalue weighted by Crippen LogP contribution is 2.21. The lowest BCUT2D eigenvalue weighted by Gasteiger charge is -2.09. The largest absolute Gasteiger partial charge is 0.522 e. The van der Waals surface area contributed by atoms with Gasteiger partial charge in [0.2, 0.25) is 0 Å². The second-order valence-electron chi connectivity index (χ2n) is 4.18. The van der Waals surface area contributed by atoms with Crippen LogP contribution in [0.4, 0.5) is 13.2 Å². The first-order valence-electron chi connectivity index (χ1n) is 5.93. The van der Waals surface area contributed by atoms with Gasteiger partial charge < -0.3 is 9.88 Å². The molecule has 0 aliphatic carbocycles. The van der Waals surface area contributed by atoms with Crippen molar-refractivity contribution in [3.63, 3.8) is 0 Å². The number of rotatable bonds is 5. The van der Waals surface area contributed by atoms with Gasteiger partial charge in [-0.1, -0.05) is 12.1 Å². The van der Waals surface area contributed by atoms with Crippen LogP contribution >= 0.6 is 0 Å². The average molecular weight is 272 g/mol. The second kappa shape index (κ2) is 5.63. The zero-order chi connectivity index (χ0) is 13.9.